The summed E-state index contributed by atoms with van der Waals surface area (Å²) in [5.41, 5.74) is 0. The van der Waals surface area contributed by atoms with Gasteiger partial charge in [-0.1, -0.05) is 0 Å². The van der Waals surface area contributed by atoms with Crippen LogP contribution in [0.2, 0.25) is 0 Å². The second-order valence-corrected chi connectivity index (χ2v) is 12.2. The van der Waals surface area contributed by atoms with Crippen molar-refractivity contribution in [2.24, 2.45) is 0 Å². The molecule has 0 atom stereocenters. The quantitative estimate of drug-likeness (QED) is 0.482. The van der Waals surface area contributed by atoms with Gasteiger partial charge < -0.3 is 0 Å². The monoisotopic (exact) mass is 322 g/mol. The van der Waals surface area contributed by atoms with E-state index in [4.69, 9.17) is 18.1 Å². The molecule has 0 saturated carbocycles. The molecule has 0 fully saturated rings. The molecule has 0 rings (SSSR count). The van der Waals surface area contributed by atoms with Gasteiger partial charge in [-0.2, -0.15) is 0 Å². The standard InChI is InChI=1S/C8H20O4P2Se/c1-5-9-13(10-6-2)14(15,11-7-3)12-8-4/h5-8H2,1-4H3. The van der Waals surface area contributed by atoms with E-state index in [1.807, 2.05) is 27.7 Å². The molecule has 0 aromatic rings. The first-order valence-electron chi connectivity index (χ1n) is 5.10. The molecule has 15 heavy (non-hydrogen) atoms. The van der Waals surface area contributed by atoms with Crippen molar-refractivity contribution in [1.29, 1.82) is 0 Å². The van der Waals surface area contributed by atoms with Gasteiger partial charge in [0, 0.05) is 0 Å². The van der Waals surface area contributed by atoms with Gasteiger partial charge in [-0.05, 0) is 0 Å². The fourth-order valence-corrected chi connectivity index (χ4v) is 8.48. The molecule has 0 aliphatic carbocycles. The Morgan fingerprint density at radius 3 is 1.53 bits per heavy atom. The Morgan fingerprint density at radius 1 is 0.867 bits per heavy atom. The van der Waals surface area contributed by atoms with Crippen molar-refractivity contribution >= 4 is 29.7 Å². The van der Waals surface area contributed by atoms with Crippen LogP contribution in [0.5, 0.6) is 0 Å². The van der Waals surface area contributed by atoms with E-state index in [9.17, 15) is 0 Å². The van der Waals surface area contributed by atoms with Gasteiger partial charge in [-0.15, -0.1) is 0 Å². The molecule has 0 unspecified atom stereocenters. The van der Waals surface area contributed by atoms with Crippen molar-refractivity contribution in [1.82, 2.24) is 0 Å². The second-order valence-electron chi connectivity index (χ2n) is 2.38. The number of rotatable bonds is 9. The molecule has 0 amide bonds. The summed E-state index contributed by atoms with van der Waals surface area (Å²) in [6.07, 6.45) is -2.12. The van der Waals surface area contributed by atoms with Crippen LogP contribution in [-0.4, -0.2) is 42.0 Å². The average molecular weight is 321 g/mol. The average Bonchev–Trinajstić information content (AvgIpc) is 2.18. The van der Waals surface area contributed by atoms with Crippen LogP contribution in [0.15, 0.2) is 0 Å². The molecule has 92 valence electrons. The number of hydrogen-bond acceptors (Lipinski definition) is 4. The maximum absolute atomic E-state index is 5.65. The summed E-state index contributed by atoms with van der Waals surface area (Å²) in [4.78, 5) is 0. The maximum atomic E-state index is 5.65. The third kappa shape index (κ3) is 5.91. The Labute approximate surface area is 102 Å². The molecular weight excluding hydrogens is 301 g/mol. The molecule has 0 aliphatic rings. The number of hydrogen-bond donors (Lipinski definition) is 0. The molecule has 0 saturated heterocycles. The van der Waals surface area contributed by atoms with Crippen molar-refractivity contribution < 1.29 is 18.1 Å². The van der Waals surface area contributed by atoms with Crippen molar-refractivity contribution in [3.63, 3.8) is 0 Å². The van der Waals surface area contributed by atoms with Crippen LogP contribution in [-0.2, 0) is 18.1 Å². The molecule has 0 N–H and O–H groups in total. The topological polar surface area (TPSA) is 36.9 Å². The van der Waals surface area contributed by atoms with Gasteiger partial charge >= 0.3 is 102 Å². The fourth-order valence-electron chi connectivity index (χ4n) is 0.857. The minimum atomic E-state index is -2.12. The van der Waals surface area contributed by atoms with Crippen molar-refractivity contribution in [3.8, 4) is 0 Å². The van der Waals surface area contributed by atoms with E-state index in [2.05, 4.69) is 15.6 Å². The molecule has 7 heteroatoms. The second kappa shape index (κ2) is 9.27. The van der Waals surface area contributed by atoms with Crippen molar-refractivity contribution in [3.05, 3.63) is 0 Å². The van der Waals surface area contributed by atoms with E-state index >= 15 is 0 Å². The molecule has 4 nitrogen and oxygen atoms in total. The normalized spacial score (nSPS) is 12.4. The van der Waals surface area contributed by atoms with Crippen LogP contribution in [0.4, 0.5) is 0 Å². The van der Waals surface area contributed by atoms with E-state index in [-0.39, 0.29) is 0 Å². The van der Waals surface area contributed by atoms with Crippen LogP contribution < -0.4 is 0 Å². The molecule has 0 heterocycles. The molecule has 0 radical (unpaired) electrons. The van der Waals surface area contributed by atoms with E-state index < -0.39 is 14.2 Å². The van der Waals surface area contributed by atoms with Crippen molar-refractivity contribution in [2.45, 2.75) is 27.7 Å². The summed E-state index contributed by atoms with van der Waals surface area (Å²) in [6.45, 7) is 10.2. The third-order valence-electron chi connectivity index (χ3n) is 1.26. The predicted molar refractivity (Wildman–Crippen MR) is 66.1 cm³/mol. The van der Waals surface area contributed by atoms with Gasteiger partial charge in [0.1, 0.15) is 0 Å². The fraction of sp³-hybridized carbons (Fsp3) is 1.00. The zero-order valence-corrected chi connectivity index (χ0v) is 13.3. The van der Waals surface area contributed by atoms with Gasteiger partial charge in [-0.3, -0.25) is 0 Å². The van der Waals surface area contributed by atoms with E-state index in [0.29, 0.717) is 26.4 Å². The third-order valence-corrected chi connectivity index (χ3v) is 10.2. The van der Waals surface area contributed by atoms with E-state index in [1.54, 1.807) is 0 Å². The molecule has 0 aliphatic heterocycles. The summed E-state index contributed by atoms with van der Waals surface area (Å²) in [6, 6.07) is 0. The zero-order chi connectivity index (χ0) is 11.7. The van der Waals surface area contributed by atoms with E-state index in [0.717, 1.165) is 0 Å². The molecule has 0 aromatic heterocycles. The van der Waals surface area contributed by atoms with Crippen LogP contribution in [0.3, 0.4) is 0 Å². The van der Waals surface area contributed by atoms with Crippen molar-refractivity contribution in [2.75, 3.05) is 26.4 Å². The summed E-state index contributed by atoms with van der Waals surface area (Å²) in [5, 5.41) is 0. The predicted octanol–water partition coefficient (Wildman–Crippen LogP) is 3.29. The Morgan fingerprint density at radius 2 is 1.27 bits per heavy atom. The van der Waals surface area contributed by atoms with Crippen LogP contribution >= 0.6 is 14.2 Å². The van der Waals surface area contributed by atoms with Gasteiger partial charge in [-0.25, -0.2) is 0 Å². The minimum absolute atomic E-state index is 0.597. The van der Waals surface area contributed by atoms with Crippen LogP contribution in [0.1, 0.15) is 27.7 Å². The first kappa shape index (κ1) is 16.2. The van der Waals surface area contributed by atoms with Gasteiger partial charge in [0.15, 0.2) is 0 Å². The summed E-state index contributed by atoms with van der Waals surface area (Å²) < 4.78 is 22.4. The Balaban J connectivity index is 4.48. The Hall–Kier alpha value is 1.22. The Kier molecular flexibility index (Phi) is 10.0. The van der Waals surface area contributed by atoms with E-state index in [1.165, 1.54) is 0 Å². The Bertz CT molecular complexity index is 150. The van der Waals surface area contributed by atoms with Gasteiger partial charge in [0.25, 0.3) is 0 Å². The molecule has 0 bridgehead atoms. The van der Waals surface area contributed by atoms with Gasteiger partial charge in [0.05, 0.1) is 0 Å². The molecule has 0 spiro atoms. The summed E-state index contributed by atoms with van der Waals surface area (Å²) >= 11 is 3.01. The first-order valence-corrected chi connectivity index (χ1v) is 10.8. The van der Waals surface area contributed by atoms with Crippen LogP contribution in [0.25, 0.3) is 0 Å². The zero-order valence-electron chi connectivity index (χ0n) is 9.76. The first-order chi connectivity index (χ1) is 7.14. The summed E-state index contributed by atoms with van der Waals surface area (Å²) in [7, 11) is -1.11. The SMILES string of the molecule is CCOP(OCC)[P+]([Se-])(OCC)OCC. The summed E-state index contributed by atoms with van der Waals surface area (Å²) in [5.74, 6) is 0. The van der Waals surface area contributed by atoms with Gasteiger partial charge in [0.2, 0.25) is 0 Å². The molecular formula is C8H20O4P2Se. The molecule has 0 aromatic carbocycles. The van der Waals surface area contributed by atoms with Crippen LogP contribution in [0, 0.1) is 0 Å².